The first kappa shape index (κ1) is 13.8. The van der Waals surface area contributed by atoms with Crippen LogP contribution in [0, 0.1) is 0 Å². The lowest BCUT2D eigenvalue weighted by Gasteiger charge is -2.23. The van der Waals surface area contributed by atoms with E-state index in [0.717, 1.165) is 0 Å². The lowest BCUT2D eigenvalue weighted by Crippen LogP contribution is -2.30. The third-order valence-corrected chi connectivity index (χ3v) is 2.53. The Balaban J connectivity index is 2.81. The third kappa shape index (κ3) is 4.26. The van der Waals surface area contributed by atoms with E-state index in [2.05, 4.69) is 16.1 Å². The Morgan fingerprint density at radius 3 is 2.53 bits per heavy atom. The fraction of sp³-hybridized carbons (Fsp3) is 0.417. The van der Waals surface area contributed by atoms with Gasteiger partial charge in [0.2, 0.25) is 0 Å². The molecule has 4 nitrogen and oxygen atoms in total. The van der Waals surface area contributed by atoms with Gasteiger partial charge in [0.15, 0.2) is 0 Å². The first-order valence-electron chi connectivity index (χ1n) is 5.16. The molecule has 0 aliphatic heterocycles. The van der Waals surface area contributed by atoms with Crippen molar-refractivity contribution in [3.8, 4) is 5.75 Å². The largest absolute Gasteiger partial charge is 0.497 e. The normalized spacial score (nSPS) is 10.9. The average molecular weight is 302 g/mol. The van der Waals surface area contributed by atoms with E-state index in [-0.39, 0.29) is 0 Å². The molecule has 0 heterocycles. The first-order chi connectivity index (χ1) is 7.83. The van der Waals surface area contributed by atoms with Crippen molar-refractivity contribution >= 4 is 27.9 Å². The number of nitrogens with zero attached hydrogens (tertiary/aromatic N) is 1. The molecule has 94 valence electrons. The summed E-state index contributed by atoms with van der Waals surface area (Å²) in [5.41, 5.74) is 0.126. The van der Waals surface area contributed by atoms with E-state index < -0.39 is 11.7 Å². The summed E-state index contributed by atoms with van der Waals surface area (Å²) in [7, 11) is 1.57. The van der Waals surface area contributed by atoms with Gasteiger partial charge in [0.1, 0.15) is 11.4 Å². The average Bonchev–Trinajstić information content (AvgIpc) is 2.26. The zero-order chi connectivity index (χ0) is 13.1. The van der Waals surface area contributed by atoms with E-state index in [1.54, 1.807) is 31.4 Å². The van der Waals surface area contributed by atoms with Crippen LogP contribution in [0.25, 0.3) is 0 Å². The zero-order valence-corrected chi connectivity index (χ0v) is 11.9. The minimum absolute atomic E-state index is 0.467. The number of halogens is 1. The maximum absolute atomic E-state index is 11.8. The van der Waals surface area contributed by atoms with Gasteiger partial charge >= 0.3 is 6.09 Å². The molecule has 5 heteroatoms. The molecule has 0 bridgehead atoms. The molecule has 0 radical (unpaired) electrons. The Hall–Kier alpha value is -1.23. The number of methoxy groups -OCH3 is 1. The molecule has 0 aliphatic carbocycles. The molecule has 0 saturated carbocycles. The Bertz CT molecular complexity index is 401. The molecule has 1 aromatic carbocycles. The van der Waals surface area contributed by atoms with E-state index >= 15 is 0 Å². The fourth-order valence-electron chi connectivity index (χ4n) is 1.14. The predicted octanol–water partition coefficient (Wildman–Crippen LogP) is 3.75. The van der Waals surface area contributed by atoms with Crippen LogP contribution >= 0.6 is 16.1 Å². The molecule has 0 unspecified atom stereocenters. The molecule has 0 spiro atoms. The Kier molecular flexibility index (Phi) is 4.40. The minimum atomic E-state index is -0.526. The highest BCUT2D eigenvalue weighted by molar-refractivity contribution is 9.10. The van der Waals surface area contributed by atoms with Gasteiger partial charge < -0.3 is 9.47 Å². The van der Waals surface area contributed by atoms with Crippen LogP contribution in [0.3, 0.4) is 0 Å². The van der Waals surface area contributed by atoms with Crippen LogP contribution in [0.15, 0.2) is 24.3 Å². The highest BCUT2D eigenvalue weighted by Crippen LogP contribution is 2.25. The predicted molar refractivity (Wildman–Crippen MR) is 70.6 cm³/mol. The van der Waals surface area contributed by atoms with Gasteiger partial charge in [-0.3, -0.25) is 0 Å². The summed E-state index contributed by atoms with van der Waals surface area (Å²) in [6.45, 7) is 5.45. The van der Waals surface area contributed by atoms with Crippen LogP contribution in [0.1, 0.15) is 20.8 Å². The number of carbonyl (C=O) groups excluding carboxylic acids is 1. The van der Waals surface area contributed by atoms with Crippen molar-refractivity contribution in [3.05, 3.63) is 24.3 Å². The van der Waals surface area contributed by atoms with E-state index in [9.17, 15) is 4.79 Å². The van der Waals surface area contributed by atoms with Crippen LogP contribution in [0.4, 0.5) is 10.5 Å². The number of ether oxygens (including phenoxy) is 2. The van der Waals surface area contributed by atoms with Crippen molar-refractivity contribution < 1.29 is 14.3 Å². The number of rotatable bonds is 2. The summed E-state index contributed by atoms with van der Waals surface area (Å²) in [6.07, 6.45) is -0.467. The number of benzene rings is 1. The molecular weight excluding hydrogens is 286 g/mol. The molecule has 1 amide bonds. The second-order valence-corrected chi connectivity index (χ2v) is 5.17. The van der Waals surface area contributed by atoms with E-state index in [1.807, 2.05) is 20.8 Å². The zero-order valence-electron chi connectivity index (χ0n) is 10.4. The Labute approximate surface area is 110 Å². The second kappa shape index (κ2) is 5.40. The Morgan fingerprint density at radius 2 is 2.00 bits per heavy atom. The number of hydrogen-bond acceptors (Lipinski definition) is 3. The van der Waals surface area contributed by atoms with Gasteiger partial charge in [-0.25, -0.2) is 8.72 Å². The highest BCUT2D eigenvalue weighted by atomic mass is 79.9. The van der Waals surface area contributed by atoms with Crippen LogP contribution in [-0.4, -0.2) is 18.8 Å². The van der Waals surface area contributed by atoms with Gasteiger partial charge in [-0.15, -0.1) is 0 Å². The van der Waals surface area contributed by atoms with Gasteiger partial charge in [-0.1, -0.05) is 6.07 Å². The minimum Gasteiger partial charge on any atom is -0.497 e. The van der Waals surface area contributed by atoms with Crippen LogP contribution in [-0.2, 0) is 4.74 Å². The van der Waals surface area contributed by atoms with Crippen molar-refractivity contribution in [1.82, 2.24) is 0 Å². The monoisotopic (exact) mass is 301 g/mol. The molecule has 17 heavy (non-hydrogen) atoms. The molecule has 0 atom stereocenters. The summed E-state index contributed by atoms with van der Waals surface area (Å²) < 4.78 is 11.6. The van der Waals surface area contributed by atoms with Crippen LogP contribution in [0.2, 0.25) is 0 Å². The molecule has 0 saturated heterocycles. The first-order valence-corrected chi connectivity index (χ1v) is 5.87. The van der Waals surface area contributed by atoms with Gasteiger partial charge in [-0.2, -0.15) is 0 Å². The Morgan fingerprint density at radius 1 is 1.35 bits per heavy atom. The van der Waals surface area contributed by atoms with E-state index in [0.29, 0.717) is 11.4 Å². The van der Waals surface area contributed by atoms with E-state index in [1.165, 1.54) is 3.93 Å². The summed E-state index contributed by atoms with van der Waals surface area (Å²) in [6, 6.07) is 7.12. The van der Waals surface area contributed by atoms with Gasteiger partial charge in [0.05, 0.1) is 28.9 Å². The van der Waals surface area contributed by atoms with E-state index in [4.69, 9.17) is 9.47 Å². The summed E-state index contributed by atoms with van der Waals surface area (Å²) in [5.74, 6) is 0.676. The molecule has 0 N–H and O–H groups in total. The summed E-state index contributed by atoms with van der Waals surface area (Å²) >= 11 is 3.17. The van der Waals surface area contributed by atoms with Crippen molar-refractivity contribution in [3.63, 3.8) is 0 Å². The molecule has 0 aromatic heterocycles. The highest BCUT2D eigenvalue weighted by Gasteiger charge is 2.21. The summed E-state index contributed by atoms with van der Waals surface area (Å²) in [5, 5.41) is 0. The van der Waals surface area contributed by atoms with Crippen LogP contribution < -0.4 is 8.66 Å². The smallest absolute Gasteiger partial charge is 0.425 e. The quantitative estimate of drug-likeness (QED) is 0.781. The lowest BCUT2D eigenvalue weighted by molar-refractivity contribution is 0.0614. The van der Waals surface area contributed by atoms with Gasteiger partial charge in [-0.05, 0) is 32.9 Å². The standard InChI is InChI=1S/C12H16BrNO3/c1-12(2,3)17-11(15)14(13)9-6-5-7-10(8-9)16-4/h5-8H,1-4H3. The molecule has 1 aromatic rings. The maximum Gasteiger partial charge on any atom is 0.425 e. The fourth-order valence-corrected chi connectivity index (χ4v) is 1.43. The van der Waals surface area contributed by atoms with Crippen LogP contribution in [0.5, 0.6) is 5.75 Å². The van der Waals surface area contributed by atoms with Crippen molar-refractivity contribution in [2.24, 2.45) is 0 Å². The maximum atomic E-state index is 11.8. The molecule has 0 fully saturated rings. The number of carbonyl (C=O) groups is 1. The lowest BCUT2D eigenvalue weighted by atomic mass is 10.2. The molecular formula is C12H16BrNO3. The number of amides is 1. The molecule has 1 rings (SSSR count). The number of anilines is 1. The van der Waals surface area contributed by atoms with Crippen molar-refractivity contribution in [2.45, 2.75) is 26.4 Å². The molecule has 0 aliphatic rings. The van der Waals surface area contributed by atoms with Gasteiger partial charge in [0.25, 0.3) is 0 Å². The third-order valence-electron chi connectivity index (χ3n) is 1.83. The van der Waals surface area contributed by atoms with Gasteiger partial charge in [0, 0.05) is 6.07 Å². The van der Waals surface area contributed by atoms with Crippen molar-refractivity contribution in [1.29, 1.82) is 0 Å². The topological polar surface area (TPSA) is 38.8 Å². The number of hydrogen-bond donors (Lipinski definition) is 0. The SMILES string of the molecule is COc1cccc(N(Br)C(=O)OC(C)(C)C)c1. The summed E-state index contributed by atoms with van der Waals surface area (Å²) in [4.78, 5) is 11.8. The second-order valence-electron chi connectivity index (χ2n) is 4.46. The van der Waals surface area contributed by atoms with Crippen molar-refractivity contribution in [2.75, 3.05) is 11.0 Å².